The van der Waals surface area contributed by atoms with Crippen LogP contribution in [0.3, 0.4) is 0 Å². The molecule has 1 atom stereocenters. The normalized spacial score (nSPS) is 12.2. The summed E-state index contributed by atoms with van der Waals surface area (Å²) in [6.07, 6.45) is 2.88. The number of thiol groups is 1. The van der Waals surface area contributed by atoms with Crippen LogP contribution >= 0.6 is 24.2 Å². The minimum Gasteiger partial charge on any atom is -0.466 e. The van der Waals surface area contributed by atoms with E-state index in [-0.39, 0.29) is 11.9 Å². The van der Waals surface area contributed by atoms with E-state index in [0.29, 0.717) is 17.2 Å². The first-order valence-corrected chi connectivity index (χ1v) is 4.34. The average molecular weight is 219 g/mol. The standard InChI is InChI=1S/C7H7ClN2O2S/c8-7-5(1-9-3-10-7)6(13)2-12-4-11/h1,3-4,6,13H,2H2. The molecule has 0 aliphatic rings. The van der Waals surface area contributed by atoms with Crippen molar-refractivity contribution in [2.45, 2.75) is 5.25 Å². The molecule has 0 fully saturated rings. The number of aromatic nitrogens is 2. The third kappa shape index (κ3) is 2.86. The molecule has 0 aromatic carbocycles. The highest BCUT2D eigenvalue weighted by Gasteiger charge is 2.11. The van der Waals surface area contributed by atoms with Crippen LogP contribution < -0.4 is 0 Å². The van der Waals surface area contributed by atoms with E-state index in [1.807, 2.05) is 0 Å². The van der Waals surface area contributed by atoms with Gasteiger partial charge in [-0.2, -0.15) is 12.6 Å². The summed E-state index contributed by atoms with van der Waals surface area (Å²) >= 11 is 9.93. The van der Waals surface area contributed by atoms with Gasteiger partial charge in [0.05, 0.1) is 5.25 Å². The van der Waals surface area contributed by atoms with Crippen LogP contribution in [0, 0.1) is 0 Å². The first kappa shape index (κ1) is 10.3. The fourth-order valence-corrected chi connectivity index (χ4v) is 1.34. The van der Waals surface area contributed by atoms with E-state index in [9.17, 15) is 4.79 Å². The second-order valence-corrected chi connectivity index (χ2v) is 3.20. The lowest BCUT2D eigenvalue weighted by Gasteiger charge is -2.09. The Morgan fingerprint density at radius 1 is 1.77 bits per heavy atom. The second kappa shape index (κ2) is 5.04. The SMILES string of the molecule is O=COCC(S)c1cncnc1Cl. The van der Waals surface area contributed by atoms with Gasteiger partial charge in [0.2, 0.25) is 0 Å². The average Bonchev–Trinajstić information content (AvgIpc) is 2.15. The molecule has 1 aromatic heterocycles. The monoisotopic (exact) mass is 218 g/mol. The lowest BCUT2D eigenvalue weighted by molar-refractivity contribution is -0.128. The van der Waals surface area contributed by atoms with Crippen LogP contribution in [0.1, 0.15) is 10.8 Å². The molecule has 0 aliphatic carbocycles. The van der Waals surface area contributed by atoms with Crippen LogP contribution in [-0.2, 0) is 9.53 Å². The zero-order chi connectivity index (χ0) is 9.68. The van der Waals surface area contributed by atoms with Crippen molar-refractivity contribution in [1.82, 2.24) is 9.97 Å². The largest absolute Gasteiger partial charge is 0.466 e. The molecule has 0 radical (unpaired) electrons. The fraction of sp³-hybridized carbons (Fsp3) is 0.286. The molecule has 0 N–H and O–H groups in total. The van der Waals surface area contributed by atoms with Crippen LogP contribution in [0.25, 0.3) is 0 Å². The Kier molecular flexibility index (Phi) is 3.98. The van der Waals surface area contributed by atoms with Gasteiger partial charge in [0.25, 0.3) is 6.47 Å². The Hall–Kier alpha value is -0.810. The second-order valence-electron chi connectivity index (χ2n) is 2.21. The quantitative estimate of drug-likeness (QED) is 0.470. The number of hydrogen-bond donors (Lipinski definition) is 1. The number of halogens is 1. The molecular formula is C7H7ClN2O2S. The summed E-state index contributed by atoms with van der Waals surface area (Å²) in [4.78, 5) is 17.5. The van der Waals surface area contributed by atoms with Crippen LogP contribution in [0.5, 0.6) is 0 Å². The number of rotatable bonds is 4. The maximum absolute atomic E-state index is 9.91. The summed E-state index contributed by atoms with van der Waals surface area (Å²) in [7, 11) is 0. The predicted octanol–water partition coefficient (Wildman–Crippen LogP) is 1.27. The van der Waals surface area contributed by atoms with Crippen molar-refractivity contribution in [1.29, 1.82) is 0 Å². The van der Waals surface area contributed by atoms with Gasteiger partial charge in [-0.1, -0.05) is 11.6 Å². The molecule has 0 saturated carbocycles. The molecule has 4 nitrogen and oxygen atoms in total. The van der Waals surface area contributed by atoms with Gasteiger partial charge in [-0.25, -0.2) is 9.97 Å². The van der Waals surface area contributed by atoms with Gasteiger partial charge in [0, 0.05) is 11.8 Å². The summed E-state index contributed by atoms with van der Waals surface area (Å²) in [5.74, 6) is 0. The van der Waals surface area contributed by atoms with E-state index < -0.39 is 0 Å². The number of nitrogens with zero attached hydrogens (tertiary/aromatic N) is 2. The Morgan fingerprint density at radius 3 is 3.15 bits per heavy atom. The first-order valence-electron chi connectivity index (χ1n) is 3.44. The maximum Gasteiger partial charge on any atom is 0.293 e. The van der Waals surface area contributed by atoms with Crippen molar-refractivity contribution in [2.75, 3.05) is 6.61 Å². The molecule has 0 bridgehead atoms. The van der Waals surface area contributed by atoms with Gasteiger partial charge < -0.3 is 4.74 Å². The highest BCUT2D eigenvalue weighted by molar-refractivity contribution is 7.80. The molecular weight excluding hydrogens is 212 g/mol. The molecule has 0 spiro atoms. The Bertz CT molecular complexity index is 298. The van der Waals surface area contributed by atoms with E-state index in [2.05, 4.69) is 27.3 Å². The van der Waals surface area contributed by atoms with Crippen LogP contribution in [0.2, 0.25) is 5.15 Å². The third-order valence-corrected chi connectivity index (χ3v) is 2.11. The fourth-order valence-electron chi connectivity index (χ4n) is 0.769. The van der Waals surface area contributed by atoms with Crippen LogP contribution in [-0.4, -0.2) is 23.0 Å². The molecule has 1 unspecified atom stereocenters. The van der Waals surface area contributed by atoms with Crippen molar-refractivity contribution in [3.8, 4) is 0 Å². The van der Waals surface area contributed by atoms with Crippen molar-refractivity contribution in [2.24, 2.45) is 0 Å². The van der Waals surface area contributed by atoms with Crippen LogP contribution in [0.4, 0.5) is 0 Å². The van der Waals surface area contributed by atoms with Crippen molar-refractivity contribution >= 4 is 30.7 Å². The molecule has 1 aromatic rings. The van der Waals surface area contributed by atoms with Gasteiger partial charge in [-0.3, -0.25) is 4.79 Å². The Morgan fingerprint density at radius 2 is 2.54 bits per heavy atom. The minimum atomic E-state index is -0.293. The van der Waals surface area contributed by atoms with Gasteiger partial charge >= 0.3 is 0 Å². The molecule has 0 amide bonds. The number of ether oxygens (including phenoxy) is 1. The zero-order valence-corrected chi connectivity index (χ0v) is 8.20. The van der Waals surface area contributed by atoms with Crippen molar-refractivity contribution in [3.63, 3.8) is 0 Å². The lowest BCUT2D eigenvalue weighted by Crippen LogP contribution is -2.03. The lowest BCUT2D eigenvalue weighted by atomic mass is 10.2. The molecule has 13 heavy (non-hydrogen) atoms. The van der Waals surface area contributed by atoms with E-state index in [0.717, 1.165) is 0 Å². The summed E-state index contributed by atoms with van der Waals surface area (Å²) in [6, 6.07) is 0. The summed E-state index contributed by atoms with van der Waals surface area (Å²) in [5, 5.41) is 0.0309. The van der Waals surface area contributed by atoms with Crippen LogP contribution in [0.15, 0.2) is 12.5 Å². The summed E-state index contributed by atoms with van der Waals surface area (Å²) < 4.78 is 4.53. The van der Waals surface area contributed by atoms with E-state index in [1.165, 1.54) is 6.33 Å². The molecule has 0 saturated heterocycles. The molecule has 1 heterocycles. The minimum absolute atomic E-state index is 0.152. The van der Waals surface area contributed by atoms with Crippen molar-refractivity contribution in [3.05, 3.63) is 23.2 Å². The van der Waals surface area contributed by atoms with E-state index in [4.69, 9.17) is 11.6 Å². The van der Waals surface area contributed by atoms with E-state index >= 15 is 0 Å². The summed E-state index contributed by atoms with van der Waals surface area (Å²) in [6.45, 7) is 0.515. The van der Waals surface area contributed by atoms with Gasteiger partial charge in [-0.15, -0.1) is 0 Å². The Balaban J connectivity index is 2.70. The Labute approximate surface area is 85.7 Å². The predicted molar refractivity (Wildman–Crippen MR) is 50.8 cm³/mol. The highest BCUT2D eigenvalue weighted by atomic mass is 35.5. The van der Waals surface area contributed by atoms with Crippen molar-refractivity contribution < 1.29 is 9.53 Å². The zero-order valence-electron chi connectivity index (χ0n) is 6.55. The molecule has 1 rings (SSSR count). The smallest absolute Gasteiger partial charge is 0.293 e. The van der Waals surface area contributed by atoms with E-state index in [1.54, 1.807) is 6.20 Å². The van der Waals surface area contributed by atoms with Gasteiger partial charge in [-0.05, 0) is 0 Å². The summed E-state index contributed by atoms with van der Waals surface area (Å²) in [5.41, 5.74) is 0.648. The highest BCUT2D eigenvalue weighted by Crippen LogP contribution is 2.24. The number of hydrogen-bond acceptors (Lipinski definition) is 5. The third-order valence-electron chi connectivity index (χ3n) is 1.37. The molecule has 0 aliphatic heterocycles. The maximum atomic E-state index is 9.91. The molecule has 6 heteroatoms. The molecule has 70 valence electrons. The van der Waals surface area contributed by atoms with Gasteiger partial charge in [0.15, 0.2) is 0 Å². The topological polar surface area (TPSA) is 52.1 Å². The first-order chi connectivity index (χ1) is 6.25. The number of carbonyl (C=O) groups excluding carboxylic acids is 1. The van der Waals surface area contributed by atoms with Gasteiger partial charge in [0.1, 0.15) is 18.1 Å². The number of carbonyl (C=O) groups is 1.